The third-order valence-corrected chi connectivity index (χ3v) is 6.84. The Morgan fingerprint density at radius 1 is 0.528 bits per heavy atom. The van der Waals surface area contributed by atoms with Gasteiger partial charge in [-0.1, -0.05) is 66.7 Å². The molecule has 6 rings (SSSR count). The number of benzene rings is 6. The predicted octanol–water partition coefficient (Wildman–Crippen LogP) is 7.54. The Kier molecular flexibility index (Phi) is 5.15. The first-order chi connectivity index (χ1) is 17.6. The summed E-state index contributed by atoms with van der Waals surface area (Å²) in [7, 11) is 2.78. The number of rotatable bonds is 3. The van der Waals surface area contributed by atoms with Crippen molar-refractivity contribution in [1.82, 2.24) is 0 Å². The fourth-order valence-electron chi connectivity index (χ4n) is 5.22. The fourth-order valence-corrected chi connectivity index (χ4v) is 5.22. The van der Waals surface area contributed by atoms with E-state index in [1.165, 1.54) is 14.2 Å². The van der Waals surface area contributed by atoms with E-state index in [9.17, 15) is 9.59 Å². The van der Waals surface area contributed by atoms with E-state index in [0.717, 1.165) is 54.2 Å². The highest BCUT2D eigenvalue weighted by atomic mass is 16.5. The van der Waals surface area contributed by atoms with Crippen LogP contribution in [0.3, 0.4) is 0 Å². The first-order valence-corrected chi connectivity index (χ1v) is 11.7. The minimum absolute atomic E-state index is 0.379. The van der Waals surface area contributed by atoms with Crippen LogP contribution in [0.15, 0.2) is 97.1 Å². The van der Waals surface area contributed by atoms with Crippen LogP contribution in [0.5, 0.6) is 0 Å². The first kappa shape index (κ1) is 21.8. The average molecular weight is 471 g/mol. The Balaban J connectivity index is 1.91. The summed E-state index contributed by atoms with van der Waals surface area (Å²) in [4.78, 5) is 24.9. The van der Waals surface area contributed by atoms with Crippen molar-refractivity contribution in [3.8, 4) is 11.1 Å². The third kappa shape index (κ3) is 3.30. The van der Waals surface area contributed by atoms with Gasteiger partial charge in [0.05, 0.1) is 25.3 Å². The molecule has 0 amide bonds. The number of methoxy groups -OCH3 is 2. The van der Waals surface area contributed by atoms with Gasteiger partial charge in [-0.05, 0) is 84.5 Å². The van der Waals surface area contributed by atoms with Gasteiger partial charge < -0.3 is 9.47 Å². The molecule has 36 heavy (non-hydrogen) atoms. The molecule has 0 unspecified atom stereocenters. The Hall–Kier alpha value is -4.70. The van der Waals surface area contributed by atoms with Crippen molar-refractivity contribution in [2.75, 3.05) is 14.2 Å². The third-order valence-electron chi connectivity index (χ3n) is 6.84. The lowest BCUT2D eigenvalue weighted by molar-refractivity contribution is 0.0592. The van der Waals surface area contributed by atoms with Crippen LogP contribution in [0.4, 0.5) is 0 Å². The Labute approximate surface area is 207 Å². The van der Waals surface area contributed by atoms with E-state index in [0.29, 0.717) is 11.1 Å². The largest absolute Gasteiger partial charge is 0.465 e. The second-order valence-electron chi connectivity index (χ2n) is 8.77. The van der Waals surface area contributed by atoms with Crippen molar-refractivity contribution in [3.05, 3.63) is 108 Å². The molecule has 174 valence electrons. The molecule has 0 radical (unpaired) electrons. The molecule has 0 aliphatic rings. The van der Waals surface area contributed by atoms with Crippen molar-refractivity contribution in [2.45, 2.75) is 0 Å². The molecule has 0 aliphatic heterocycles. The Morgan fingerprint density at radius 3 is 1.75 bits per heavy atom. The van der Waals surface area contributed by atoms with Crippen LogP contribution in [-0.4, -0.2) is 26.2 Å². The molecule has 0 spiro atoms. The summed E-state index contributed by atoms with van der Waals surface area (Å²) in [6, 6.07) is 32.1. The van der Waals surface area contributed by atoms with Crippen molar-refractivity contribution < 1.29 is 19.1 Å². The van der Waals surface area contributed by atoms with Gasteiger partial charge in [-0.15, -0.1) is 0 Å². The molecule has 4 heteroatoms. The maximum absolute atomic E-state index is 12.5. The van der Waals surface area contributed by atoms with Crippen LogP contribution >= 0.6 is 0 Å². The molecule has 0 aliphatic carbocycles. The van der Waals surface area contributed by atoms with E-state index in [1.807, 2.05) is 54.6 Å². The highest BCUT2D eigenvalue weighted by Crippen LogP contribution is 2.44. The van der Waals surface area contributed by atoms with E-state index in [2.05, 4.69) is 30.3 Å². The highest BCUT2D eigenvalue weighted by molar-refractivity contribution is 6.32. The molecule has 0 saturated heterocycles. The van der Waals surface area contributed by atoms with Crippen LogP contribution in [0.1, 0.15) is 20.7 Å². The van der Waals surface area contributed by atoms with E-state index in [-0.39, 0.29) is 11.9 Å². The first-order valence-electron chi connectivity index (χ1n) is 11.7. The zero-order valence-electron chi connectivity index (χ0n) is 19.9. The average Bonchev–Trinajstić information content (AvgIpc) is 2.95. The minimum Gasteiger partial charge on any atom is -0.465 e. The van der Waals surface area contributed by atoms with Gasteiger partial charge in [0.1, 0.15) is 0 Å². The summed E-state index contributed by atoms with van der Waals surface area (Å²) in [6.45, 7) is 0. The minimum atomic E-state index is -0.381. The van der Waals surface area contributed by atoms with Gasteiger partial charge in [0.2, 0.25) is 0 Å². The number of hydrogen-bond acceptors (Lipinski definition) is 4. The number of fused-ring (bicyclic) bond motifs is 7. The summed E-state index contributed by atoms with van der Waals surface area (Å²) in [6.07, 6.45) is 0. The smallest absolute Gasteiger partial charge is 0.337 e. The standard InChI is InChI=1S/C32H22O4/c1-35-31(33)21-12-14-24-25-15-13-22(32(34)36-2)18-27(25)30-28(26(24)17-21)16-20-10-6-7-11-23(20)29(30)19-8-4-3-5-9-19/h3-18H,1-2H3. The second kappa shape index (κ2) is 8.51. The predicted molar refractivity (Wildman–Crippen MR) is 145 cm³/mol. The molecule has 4 nitrogen and oxygen atoms in total. The molecule has 6 aromatic carbocycles. The van der Waals surface area contributed by atoms with Gasteiger partial charge in [-0.25, -0.2) is 9.59 Å². The second-order valence-corrected chi connectivity index (χ2v) is 8.77. The van der Waals surface area contributed by atoms with E-state index < -0.39 is 0 Å². The topological polar surface area (TPSA) is 52.6 Å². The van der Waals surface area contributed by atoms with Gasteiger partial charge in [-0.2, -0.15) is 0 Å². The van der Waals surface area contributed by atoms with Crippen molar-refractivity contribution in [3.63, 3.8) is 0 Å². The maximum atomic E-state index is 12.5. The van der Waals surface area contributed by atoms with Crippen molar-refractivity contribution in [2.24, 2.45) is 0 Å². The normalized spacial score (nSPS) is 11.3. The maximum Gasteiger partial charge on any atom is 0.337 e. The van der Waals surface area contributed by atoms with Crippen LogP contribution in [0.25, 0.3) is 54.2 Å². The molecule has 0 saturated carbocycles. The quantitative estimate of drug-likeness (QED) is 0.152. The molecule has 6 aromatic rings. The number of esters is 2. The molecular formula is C32H22O4. The lowest BCUT2D eigenvalue weighted by atomic mass is 9.85. The fraction of sp³-hybridized carbons (Fsp3) is 0.0625. The van der Waals surface area contributed by atoms with Crippen LogP contribution in [0.2, 0.25) is 0 Å². The molecule has 0 bridgehead atoms. The Bertz CT molecular complexity index is 1830. The lowest BCUT2D eigenvalue weighted by Gasteiger charge is -2.18. The molecule has 0 heterocycles. The molecule has 0 atom stereocenters. The summed E-state index contributed by atoms with van der Waals surface area (Å²) in [5, 5.41) is 8.13. The monoisotopic (exact) mass is 470 g/mol. The summed E-state index contributed by atoms with van der Waals surface area (Å²) < 4.78 is 10.0. The van der Waals surface area contributed by atoms with E-state index in [1.54, 1.807) is 12.1 Å². The SMILES string of the molecule is COC(=O)c1ccc2c3ccc(C(=O)OC)cc3c3c(-c4ccccc4)c4ccccc4cc3c2c1. The van der Waals surface area contributed by atoms with Gasteiger partial charge in [-0.3, -0.25) is 0 Å². The Morgan fingerprint density at radius 2 is 1.08 bits per heavy atom. The number of carbonyl (C=O) groups is 2. The van der Waals surface area contributed by atoms with E-state index in [4.69, 9.17) is 9.47 Å². The van der Waals surface area contributed by atoms with Crippen LogP contribution in [0, 0.1) is 0 Å². The molecule has 0 aromatic heterocycles. The molecule has 0 N–H and O–H groups in total. The number of hydrogen-bond donors (Lipinski definition) is 0. The number of carbonyl (C=O) groups excluding carboxylic acids is 2. The van der Waals surface area contributed by atoms with Gasteiger partial charge in [0.25, 0.3) is 0 Å². The van der Waals surface area contributed by atoms with Crippen molar-refractivity contribution in [1.29, 1.82) is 0 Å². The van der Waals surface area contributed by atoms with Crippen molar-refractivity contribution >= 4 is 55.0 Å². The van der Waals surface area contributed by atoms with E-state index >= 15 is 0 Å². The highest BCUT2D eigenvalue weighted by Gasteiger charge is 2.19. The van der Waals surface area contributed by atoms with Gasteiger partial charge in [0, 0.05) is 0 Å². The molecule has 0 fully saturated rings. The zero-order chi connectivity index (χ0) is 24.8. The summed E-state index contributed by atoms with van der Waals surface area (Å²) in [5.74, 6) is -0.761. The van der Waals surface area contributed by atoms with Gasteiger partial charge in [0.15, 0.2) is 0 Å². The van der Waals surface area contributed by atoms with Crippen LogP contribution in [-0.2, 0) is 9.47 Å². The summed E-state index contributed by atoms with van der Waals surface area (Å²) in [5.41, 5.74) is 3.14. The zero-order valence-corrected chi connectivity index (χ0v) is 19.9. The number of ether oxygens (including phenoxy) is 2. The lowest BCUT2D eigenvalue weighted by Crippen LogP contribution is -2.02. The van der Waals surface area contributed by atoms with Crippen LogP contribution < -0.4 is 0 Å². The summed E-state index contributed by atoms with van der Waals surface area (Å²) >= 11 is 0. The molecular weight excluding hydrogens is 448 g/mol. The van der Waals surface area contributed by atoms with Gasteiger partial charge >= 0.3 is 11.9 Å².